The normalized spacial score (nSPS) is 8.10. The van der Waals surface area contributed by atoms with Crippen molar-refractivity contribution in [2.75, 3.05) is 20.6 Å². The minimum Gasteiger partial charge on any atom is -0.487 e. The Morgan fingerprint density at radius 2 is 1.90 bits per heavy atom. The summed E-state index contributed by atoms with van der Waals surface area (Å²) in [6.45, 7) is 3.26. The highest BCUT2D eigenvalue weighted by Crippen LogP contribution is 1.63. The van der Waals surface area contributed by atoms with Gasteiger partial charge in [0.1, 0.15) is 0 Å². The molecule has 10 heavy (non-hydrogen) atoms. The molecule has 60 valence electrons. The van der Waals surface area contributed by atoms with E-state index in [9.17, 15) is 4.32 Å². The first-order valence-corrected chi connectivity index (χ1v) is 2.97. The molecule has 0 unspecified atom stereocenters. The Labute approximate surface area is 61.1 Å². The lowest BCUT2D eigenvalue weighted by molar-refractivity contribution is 0.218. The average Bonchev–Trinajstić information content (AvgIpc) is 1.89. The summed E-state index contributed by atoms with van der Waals surface area (Å²) in [5.41, 5.74) is 0. The summed E-state index contributed by atoms with van der Waals surface area (Å²) in [6.07, 6.45) is 0. The van der Waals surface area contributed by atoms with Gasteiger partial charge in [0.25, 0.3) is 5.87 Å². The molecule has 0 aliphatic heterocycles. The zero-order valence-corrected chi connectivity index (χ0v) is 6.59. The van der Waals surface area contributed by atoms with Crippen LogP contribution in [0.2, 0.25) is 0 Å². The third kappa shape index (κ3) is 26.1. The van der Waals surface area contributed by atoms with Crippen LogP contribution in [0.15, 0.2) is 0 Å². The van der Waals surface area contributed by atoms with E-state index in [1.807, 2.05) is 0 Å². The number of halogens is 1. The molecule has 0 spiro atoms. The number of hydrogen-bond acceptors (Lipinski definition) is 2. The molecule has 0 fully saturated rings. The van der Waals surface area contributed by atoms with Gasteiger partial charge in [0.15, 0.2) is 0 Å². The molecule has 0 bridgehead atoms. The minimum absolute atomic E-state index is 1.14. The molecule has 0 heterocycles. The maximum Gasteiger partial charge on any atom is 0.457 e. The highest BCUT2D eigenvalue weighted by molar-refractivity contribution is 6.65. The Hall–Kier alpha value is -0.575. The molecule has 0 saturated carbocycles. The van der Waals surface area contributed by atoms with Crippen molar-refractivity contribution >= 4 is 13.4 Å². The highest BCUT2D eigenvalue weighted by Gasteiger charge is 1.92. The predicted molar refractivity (Wildman–Crippen MR) is 40.5 cm³/mol. The van der Waals surface area contributed by atoms with E-state index in [4.69, 9.17) is 9.90 Å². The molecule has 1 N–H and O–H groups in total. The van der Waals surface area contributed by atoms with E-state index in [0.29, 0.717) is 0 Å². The van der Waals surface area contributed by atoms with E-state index >= 15 is 0 Å². The fraction of sp³-hybridized carbons (Fsp3) is 0.800. The largest absolute Gasteiger partial charge is 0.487 e. The van der Waals surface area contributed by atoms with Crippen molar-refractivity contribution in [3.05, 3.63) is 0 Å². The van der Waals surface area contributed by atoms with Crippen molar-refractivity contribution in [2.45, 2.75) is 6.92 Å². The van der Waals surface area contributed by atoms with Crippen LogP contribution >= 0.6 is 0 Å². The number of rotatable bonds is 2. The van der Waals surface area contributed by atoms with Gasteiger partial charge in [-0.2, -0.15) is 0 Å². The van der Waals surface area contributed by atoms with Crippen LogP contribution in [0.3, 0.4) is 0 Å². The zero-order chi connectivity index (χ0) is 8.57. The van der Waals surface area contributed by atoms with Crippen LogP contribution in [-0.2, 0) is 0 Å². The van der Waals surface area contributed by atoms with Crippen LogP contribution in [0, 0.1) is 0 Å². The van der Waals surface area contributed by atoms with Crippen molar-refractivity contribution < 1.29 is 14.2 Å². The van der Waals surface area contributed by atoms with Gasteiger partial charge in [-0.15, -0.1) is 0 Å². The Morgan fingerprint density at radius 1 is 1.70 bits per heavy atom. The minimum atomic E-state index is -1.41. The fourth-order valence-electron chi connectivity index (χ4n) is 0. The molecule has 0 aromatic heterocycles. The number of nitrogens with zero attached hydrogens (tertiary/aromatic N) is 1. The smallest absolute Gasteiger partial charge is 0.457 e. The van der Waals surface area contributed by atoms with E-state index in [0.717, 1.165) is 6.54 Å². The number of carbonyl (C=O) groups is 1. The Balaban J connectivity index is 0. The third-order valence-electron chi connectivity index (χ3n) is 0.747. The highest BCUT2D eigenvalue weighted by atomic mass is 19.1. The van der Waals surface area contributed by atoms with E-state index < -0.39 is 13.4 Å². The summed E-state index contributed by atoms with van der Waals surface area (Å²) in [5, 5.41) is 7.35. The number of hydrogen-bond donors (Lipinski definition) is 1. The molecule has 0 atom stereocenters. The van der Waals surface area contributed by atoms with Gasteiger partial charge < -0.3 is 14.3 Å². The molecule has 3 nitrogen and oxygen atoms in total. The van der Waals surface area contributed by atoms with Gasteiger partial charge in [0.2, 0.25) is 0 Å². The van der Waals surface area contributed by atoms with Gasteiger partial charge >= 0.3 is 7.56 Å². The molecule has 0 rings (SSSR count). The molecule has 0 amide bonds. The lowest BCUT2D eigenvalue weighted by atomic mass is 10.1. The Morgan fingerprint density at radius 3 is 1.90 bits per heavy atom. The third-order valence-corrected chi connectivity index (χ3v) is 0.747. The SMILES string of the molecule is CCN(C)C.O=C(O)BF. The molecule has 5 heteroatoms. The molecule has 0 aromatic rings. The Kier molecular flexibility index (Phi) is 10.2. The molecule has 0 aromatic carbocycles. The summed E-state index contributed by atoms with van der Waals surface area (Å²) in [6, 6.07) is 0. The summed E-state index contributed by atoms with van der Waals surface area (Å²) < 4.78 is 10.5. The molecule has 0 aliphatic carbocycles. The van der Waals surface area contributed by atoms with Gasteiger partial charge in [-0.25, -0.2) is 0 Å². The van der Waals surface area contributed by atoms with Crippen LogP contribution in [0.1, 0.15) is 6.92 Å². The van der Waals surface area contributed by atoms with Gasteiger partial charge in [0.05, 0.1) is 0 Å². The maximum atomic E-state index is 10.5. The van der Waals surface area contributed by atoms with Gasteiger partial charge in [-0.1, -0.05) is 6.92 Å². The first kappa shape index (κ1) is 12.1. The monoisotopic (exact) mass is 149 g/mol. The Bertz CT molecular complexity index is 89.7. The molecule has 0 radical (unpaired) electrons. The quantitative estimate of drug-likeness (QED) is 0.583. The molecular weight excluding hydrogens is 136 g/mol. The van der Waals surface area contributed by atoms with Crippen LogP contribution in [-0.4, -0.2) is 44.1 Å². The summed E-state index contributed by atoms with van der Waals surface area (Å²) >= 11 is 0. The van der Waals surface area contributed by atoms with Crippen molar-refractivity contribution in [1.29, 1.82) is 0 Å². The van der Waals surface area contributed by atoms with E-state index in [1.54, 1.807) is 0 Å². The first-order valence-electron chi connectivity index (χ1n) is 2.97. The van der Waals surface area contributed by atoms with Crippen molar-refractivity contribution in [1.82, 2.24) is 4.90 Å². The predicted octanol–water partition coefficient (Wildman–Crippen LogP) is 0.553. The van der Waals surface area contributed by atoms with Crippen LogP contribution < -0.4 is 0 Å². The van der Waals surface area contributed by atoms with Crippen molar-refractivity contribution in [3.8, 4) is 0 Å². The number of carboxylic acid groups (broad SMARTS) is 1. The first-order chi connectivity index (χ1) is 4.54. The van der Waals surface area contributed by atoms with E-state index in [-0.39, 0.29) is 0 Å². The zero-order valence-electron chi connectivity index (χ0n) is 6.59. The lowest BCUT2D eigenvalue weighted by Crippen LogP contribution is -2.08. The molecular formula is C5H13BFNO2. The van der Waals surface area contributed by atoms with Crippen LogP contribution in [0.4, 0.5) is 9.11 Å². The fourth-order valence-corrected chi connectivity index (χ4v) is 0. The topological polar surface area (TPSA) is 40.5 Å². The lowest BCUT2D eigenvalue weighted by Gasteiger charge is -2.00. The molecule has 0 aliphatic rings. The second-order valence-electron chi connectivity index (χ2n) is 1.92. The second-order valence-corrected chi connectivity index (χ2v) is 1.92. The standard InChI is InChI=1S/C4H11N.CH2BFO2/c1-4-5(2)3;3-2-1(4)5/h4H2,1-3H3;2H,(H,4,5). The van der Waals surface area contributed by atoms with Gasteiger partial charge in [-0.05, 0) is 20.6 Å². The summed E-state index contributed by atoms with van der Waals surface area (Å²) in [4.78, 5) is 11.1. The second kappa shape index (κ2) is 8.42. The maximum absolute atomic E-state index is 10.5. The summed E-state index contributed by atoms with van der Waals surface area (Å²) in [7, 11) is 2.83. The van der Waals surface area contributed by atoms with Crippen LogP contribution in [0.5, 0.6) is 0 Å². The van der Waals surface area contributed by atoms with E-state index in [1.165, 1.54) is 0 Å². The summed E-state index contributed by atoms with van der Waals surface area (Å²) in [5.74, 6) is -1.41. The van der Waals surface area contributed by atoms with Crippen molar-refractivity contribution in [2.24, 2.45) is 0 Å². The van der Waals surface area contributed by atoms with E-state index in [2.05, 4.69) is 25.9 Å². The van der Waals surface area contributed by atoms with Gasteiger partial charge in [0, 0.05) is 0 Å². The van der Waals surface area contributed by atoms with Gasteiger partial charge in [-0.3, -0.25) is 4.79 Å². The van der Waals surface area contributed by atoms with Crippen LogP contribution in [0.25, 0.3) is 0 Å². The van der Waals surface area contributed by atoms with Crippen molar-refractivity contribution in [3.63, 3.8) is 0 Å². The average molecular weight is 149 g/mol. The molecule has 0 saturated heterocycles.